The summed E-state index contributed by atoms with van der Waals surface area (Å²) < 4.78 is 0. The fraction of sp³-hybridized carbons (Fsp3) is 0.615. The van der Waals surface area contributed by atoms with Crippen molar-refractivity contribution in [3.63, 3.8) is 0 Å². The minimum absolute atomic E-state index is 0.618. The van der Waals surface area contributed by atoms with Gasteiger partial charge in [0.15, 0.2) is 0 Å². The van der Waals surface area contributed by atoms with Crippen molar-refractivity contribution in [3.05, 3.63) is 21.9 Å². The summed E-state index contributed by atoms with van der Waals surface area (Å²) in [6.07, 6.45) is 1.74. The van der Waals surface area contributed by atoms with E-state index in [1.54, 1.807) is 0 Å². The maximum Gasteiger partial charge on any atom is 0.310 e. The average Bonchev–Trinajstić information content (AvgIpc) is 2.75. The van der Waals surface area contributed by atoms with Crippen LogP contribution in [0.1, 0.15) is 30.7 Å². The van der Waals surface area contributed by atoms with E-state index in [1.807, 2.05) is 25.2 Å². The Morgan fingerprint density at radius 1 is 1.65 bits per heavy atom. The van der Waals surface area contributed by atoms with E-state index in [0.29, 0.717) is 13.0 Å². The van der Waals surface area contributed by atoms with Crippen molar-refractivity contribution in [3.8, 4) is 0 Å². The third kappa shape index (κ3) is 2.53. The number of carbonyl (C=O) groups is 1. The SMILES string of the molecule is CCC(C)(CN1CCc2sccc2C1)C(=O)O. The van der Waals surface area contributed by atoms with Gasteiger partial charge in [0.25, 0.3) is 0 Å². The molecule has 0 radical (unpaired) electrons. The van der Waals surface area contributed by atoms with Crippen molar-refractivity contribution in [1.82, 2.24) is 4.90 Å². The Morgan fingerprint density at radius 3 is 3.06 bits per heavy atom. The number of carboxylic acid groups (broad SMARTS) is 1. The van der Waals surface area contributed by atoms with Gasteiger partial charge in [-0.25, -0.2) is 0 Å². The highest BCUT2D eigenvalue weighted by molar-refractivity contribution is 7.10. The number of nitrogens with zero attached hydrogens (tertiary/aromatic N) is 1. The topological polar surface area (TPSA) is 40.5 Å². The summed E-state index contributed by atoms with van der Waals surface area (Å²) in [5.74, 6) is -0.684. The molecule has 0 fully saturated rings. The number of hydrogen-bond acceptors (Lipinski definition) is 3. The van der Waals surface area contributed by atoms with Gasteiger partial charge in [0.1, 0.15) is 0 Å². The van der Waals surface area contributed by atoms with E-state index in [4.69, 9.17) is 0 Å². The third-order valence-electron chi connectivity index (χ3n) is 3.76. The standard InChI is InChI=1S/C13H19NO2S/c1-3-13(2,12(15)16)9-14-6-4-11-10(8-14)5-7-17-11/h5,7H,3-4,6,8-9H2,1-2H3,(H,15,16). The first-order chi connectivity index (χ1) is 8.05. The van der Waals surface area contributed by atoms with Gasteiger partial charge in [0.2, 0.25) is 0 Å². The first-order valence-electron chi connectivity index (χ1n) is 6.06. The van der Waals surface area contributed by atoms with E-state index in [1.165, 1.54) is 10.4 Å². The first-order valence-corrected chi connectivity index (χ1v) is 6.94. The Kier molecular flexibility index (Phi) is 3.54. The molecule has 1 aromatic rings. The van der Waals surface area contributed by atoms with E-state index in [-0.39, 0.29) is 0 Å². The lowest BCUT2D eigenvalue weighted by Gasteiger charge is -2.34. The second kappa shape index (κ2) is 4.78. The van der Waals surface area contributed by atoms with Crippen molar-refractivity contribution in [2.45, 2.75) is 33.2 Å². The maximum absolute atomic E-state index is 11.3. The Morgan fingerprint density at radius 2 is 2.41 bits per heavy atom. The number of aliphatic carboxylic acids is 1. The van der Waals surface area contributed by atoms with Crippen LogP contribution < -0.4 is 0 Å². The van der Waals surface area contributed by atoms with E-state index in [9.17, 15) is 9.90 Å². The van der Waals surface area contributed by atoms with Gasteiger partial charge in [-0.2, -0.15) is 0 Å². The largest absolute Gasteiger partial charge is 0.481 e. The molecule has 0 saturated heterocycles. The van der Waals surface area contributed by atoms with Gasteiger partial charge in [0, 0.05) is 24.5 Å². The zero-order valence-corrected chi connectivity index (χ0v) is 11.2. The van der Waals surface area contributed by atoms with E-state index in [0.717, 1.165) is 19.5 Å². The average molecular weight is 253 g/mol. The Balaban J connectivity index is 2.04. The molecular weight excluding hydrogens is 234 g/mol. The molecule has 3 nitrogen and oxygen atoms in total. The third-order valence-corrected chi connectivity index (χ3v) is 4.78. The number of thiophene rings is 1. The van der Waals surface area contributed by atoms with Crippen molar-refractivity contribution in [2.75, 3.05) is 13.1 Å². The van der Waals surface area contributed by atoms with Crippen LogP contribution in [0, 0.1) is 5.41 Å². The molecule has 94 valence electrons. The number of rotatable bonds is 4. The normalized spacial score (nSPS) is 19.6. The number of carboxylic acids is 1. The summed E-state index contributed by atoms with van der Waals surface area (Å²) in [5.41, 5.74) is 0.762. The zero-order chi connectivity index (χ0) is 12.5. The second-order valence-corrected chi connectivity index (χ2v) is 6.05. The smallest absolute Gasteiger partial charge is 0.310 e. The Bertz CT molecular complexity index is 415. The second-order valence-electron chi connectivity index (χ2n) is 5.05. The molecule has 4 heteroatoms. The van der Waals surface area contributed by atoms with Crippen molar-refractivity contribution in [2.24, 2.45) is 5.41 Å². The van der Waals surface area contributed by atoms with Crippen LogP contribution in [0.25, 0.3) is 0 Å². The predicted molar refractivity (Wildman–Crippen MR) is 69.3 cm³/mol. The van der Waals surface area contributed by atoms with E-state index in [2.05, 4.69) is 16.3 Å². The van der Waals surface area contributed by atoms with E-state index < -0.39 is 11.4 Å². The molecule has 1 N–H and O–H groups in total. The lowest BCUT2D eigenvalue weighted by Crippen LogP contribution is -2.42. The molecular formula is C13H19NO2S. The maximum atomic E-state index is 11.3. The van der Waals surface area contributed by atoms with Crippen LogP contribution in [0.15, 0.2) is 11.4 Å². The van der Waals surface area contributed by atoms with Gasteiger partial charge < -0.3 is 5.11 Å². The molecule has 1 aliphatic heterocycles. The summed E-state index contributed by atoms with van der Waals surface area (Å²) >= 11 is 1.81. The van der Waals surface area contributed by atoms with Gasteiger partial charge in [-0.1, -0.05) is 6.92 Å². The fourth-order valence-corrected chi connectivity index (χ4v) is 3.16. The highest BCUT2D eigenvalue weighted by Crippen LogP contribution is 2.28. The molecule has 1 unspecified atom stereocenters. The van der Waals surface area contributed by atoms with Gasteiger partial charge in [-0.15, -0.1) is 11.3 Å². The summed E-state index contributed by atoms with van der Waals surface area (Å²) in [6, 6.07) is 2.16. The molecule has 1 aromatic heterocycles. The van der Waals surface area contributed by atoms with Crippen LogP contribution in [0.2, 0.25) is 0 Å². The van der Waals surface area contributed by atoms with Crippen molar-refractivity contribution < 1.29 is 9.90 Å². The molecule has 2 rings (SSSR count). The lowest BCUT2D eigenvalue weighted by atomic mass is 9.86. The van der Waals surface area contributed by atoms with Crippen molar-refractivity contribution in [1.29, 1.82) is 0 Å². The summed E-state index contributed by atoms with van der Waals surface area (Å²) in [4.78, 5) is 15.0. The predicted octanol–water partition coefficient (Wildman–Crippen LogP) is 2.61. The van der Waals surface area contributed by atoms with E-state index >= 15 is 0 Å². The minimum atomic E-state index is -0.684. The van der Waals surface area contributed by atoms with Gasteiger partial charge in [0.05, 0.1) is 5.41 Å². The highest BCUT2D eigenvalue weighted by Gasteiger charge is 2.34. The van der Waals surface area contributed by atoms with Gasteiger partial charge >= 0.3 is 5.97 Å². The first kappa shape index (κ1) is 12.6. The zero-order valence-electron chi connectivity index (χ0n) is 10.4. The quantitative estimate of drug-likeness (QED) is 0.896. The highest BCUT2D eigenvalue weighted by atomic mass is 32.1. The molecule has 0 aliphatic carbocycles. The van der Waals surface area contributed by atoms with Crippen LogP contribution in [-0.4, -0.2) is 29.1 Å². The van der Waals surface area contributed by atoms with Crippen LogP contribution in [-0.2, 0) is 17.8 Å². The molecule has 1 aliphatic rings. The van der Waals surface area contributed by atoms with Gasteiger partial charge in [-0.3, -0.25) is 9.69 Å². The molecule has 1 atom stereocenters. The molecule has 2 heterocycles. The van der Waals surface area contributed by atoms with Crippen LogP contribution in [0.5, 0.6) is 0 Å². The Hall–Kier alpha value is -0.870. The molecule has 17 heavy (non-hydrogen) atoms. The van der Waals surface area contributed by atoms with Crippen LogP contribution in [0.3, 0.4) is 0 Å². The van der Waals surface area contributed by atoms with Crippen LogP contribution >= 0.6 is 11.3 Å². The summed E-state index contributed by atoms with van der Waals surface area (Å²) in [6.45, 7) is 6.33. The molecule has 0 bridgehead atoms. The fourth-order valence-electron chi connectivity index (χ4n) is 2.27. The van der Waals surface area contributed by atoms with Crippen LogP contribution in [0.4, 0.5) is 0 Å². The molecule has 0 saturated carbocycles. The molecule has 0 amide bonds. The van der Waals surface area contributed by atoms with Crippen molar-refractivity contribution >= 4 is 17.3 Å². The number of hydrogen-bond donors (Lipinski definition) is 1. The summed E-state index contributed by atoms with van der Waals surface area (Å²) in [5, 5.41) is 11.4. The summed E-state index contributed by atoms with van der Waals surface area (Å²) in [7, 11) is 0. The van der Waals surface area contributed by atoms with Gasteiger partial charge in [-0.05, 0) is 36.8 Å². The monoisotopic (exact) mass is 253 g/mol. The Labute approximate surface area is 106 Å². The molecule has 0 aromatic carbocycles. The lowest BCUT2D eigenvalue weighted by molar-refractivity contribution is -0.149. The molecule has 0 spiro atoms. The number of fused-ring (bicyclic) bond motifs is 1. The minimum Gasteiger partial charge on any atom is -0.481 e.